The maximum Gasteiger partial charge on any atom is 0.326 e. The molecule has 3 unspecified atom stereocenters. The van der Waals surface area contributed by atoms with Crippen molar-refractivity contribution in [2.24, 2.45) is 0 Å². The van der Waals surface area contributed by atoms with Crippen LogP contribution in [0, 0.1) is 0 Å². The molecule has 1 aromatic carbocycles. The Balaban J connectivity index is 1.71. The van der Waals surface area contributed by atoms with Crippen LogP contribution in [0.3, 0.4) is 0 Å². The molecule has 1 saturated heterocycles. The molecular weight excluding hydrogens is 368 g/mol. The smallest absolute Gasteiger partial charge is 0.326 e. The van der Waals surface area contributed by atoms with E-state index in [9.17, 15) is 19.5 Å². The third kappa shape index (κ3) is 3.75. The zero-order valence-electron chi connectivity index (χ0n) is 13.4. The van der Waals surface area contributed by atoms with E-state index in [4.69, 9.17) is 16.3 Å². The summed E-state index contributed by atoms with van der Waals surface area (Å²) >= 11 is 7.20. The predicted molar refractivity (Wildman–Crippen MR) is 92.9 cm³/mol. The number of carbonyl (C=O) groups excluding carboxylic acids is 2. The van der Waals surface area contributed by atoms with Crippen molar-refractivity contribution in [1.29, 1.82) is 0 Å². The van der Waals surface area contributed by atoms with Crippen molar-refractivity contribution in [2.75, 3.05) is 19.0 Å². The van der Waals surface area contributed by atoms with Crippen molar-refractivity contribution in [1.82, 2.24) is 4.90 Å². The minimum atomic E-state index is -1.06. The third-order valence-electron chi connectivity index (χ3n) is 4.32. The summed E-state index contributed by atoms with van der Waals surface area (Å²) in [5.41, 5.74) is 0.621. The maximum absolute atomic E-state index is 12.6. The lowest BCUT2D eigenvalue weighted by molar-refractivity contribution is -0.148. The summed E-state index contributed by atoms with van der Waals surface area (Å²) in [6.45, 7) is 0.220. The van der Waals surface area contributed by atoms with Crippen molar-refractivity contribution < 1.29 is 24.2 Å². The highest BCUT2D eigenvalue weighted by molar-refractivity contribution is 8.01. The number of amides is 2. The van der Waals surface area contributed by atoms with E-state index < -0.39 is 17.3 Å². The summed E-state index contributed by atoms with van der Waals surface area (Å²) in [6.07, 6.45) is -0.123. The monoisotopic (exact) mass is 384 g/mol. The fourth-order valence-electron chi connectivity index (χ4n) is 3.01. The summed E-state index contributed by atoms with van der Waals surface area (Å²) in [5, 5.41) is 12.0. The van der Waals surface area contributed by atoms with Gasteiger partial charge in [0.05, 0.1) is 17.0 Å². The number of carboxylic acids is 1. The molecule has 134 valence electrons. The highest BCUT2D eigenvalue weighted by Gasteiger charge is 2.41. The summed E-state index contributed by atoms with van der Waals surface area (Å²) in [4.78, 5) is 38.4. The summed E-state index contributed by atoms with van der Waals surface area (Å²) in [5.74, 6) is -1.71. The minimum Gasteiger partial charge on any atom is -0.480 e. The Kier molecular flexibility index (Phi) is 5.21. The standard InChI is InChI=1S/C16H17ClN2O5S/c1-24-9-5-11(16(22)23)19(7-9)14(20)6-13-15(21)18-10-4-8(17)2-3-12(10)25-13/h2-4,9,11,13H,5-7H2,1H3,(H,18,21)(H,22,23). The number of carbonyl (C=O) groups is 3. The zero-order valence-corrected chi connectivity index (χ0v) is 15.0. The van der Waals surface area contributed by atoms with Gasteiger partial charge >= 0.3 is 5.97 Å². The van der Waals surface area contributed by atoms with Crippen LogP contribution >= 0.6 is 23.4 Å². The molecule has 2 amide bonds. The van der Waals surface area contributed by atoms with E-state index in [-0.39, 0.29) is 37.3 Å². The number of anilines is 1. The molecule has 25 heavy (non-hydrogen) atoms. The van der Waals surface area contributed by atoms with Crippen molar-refractivity contribution >= 4 is 46.8 Å². The molecule has 0 saturated carbocycles. The fraction of sp³-hybridized carbons (Fsp3) is 0.438. The van der Waals surface area contributed by atoms with Crippen molar-refractivity contribution in [3.8, 4) is 0 Å². The Bertz CT molecular complexity index is 728. The largest absolute Gasteiger partial charge is 0.480 e. The van der Waals surface area contributed by atoms with Gasteiger partial charge in [-0.2, -0.15) is 0 Å². The SMILES string of the molecule is COC1CC(C(=O)O)N(C(=O)CC2Sc3ccc(Cl)cc3NC2=O)C1. The van der Waals surface area contributed by atoms with Gasteiger partial charge in [-0.15, -0.1) is 11.8 Å². The lowest BCUT2D eigenvalue weighted by Crippen LogP contribution is -2.43. The molecule has 2 N–H and O–H groups in total. The number of fused-ring (bicyclic) bond motifs is 1. The second-order valence-electron chi connectivity index (χ2n) is 5.93. The number of benzene rings is 1. The van der Waals surface area contributed by atoms with Gasteiger partial charge in [0, 0.05) is 36.4 Å². The zero-order chi connectivity index (χ0) is 18.1. The first kappa shape index (κ1) is 18.0. The van der Waals surface area contributed by atoms with Crippen LogP contribution < -0.4 is 5.32 Å². The summed E-state index contributed by atoms with van der Waals surface area (Å²) in [6, 6.07) is 4.24. The molecule has 3 atom stereocenters. The van der Waals surface area contributed by atoms with Crippen LogP contribution in [0.15, 0.2) is 23.1 Å². The van der Waals surface area contributed by atoms with Crippen LogP contribution in [-0.2, 0) is 19.1 Å². The van der Waals surface area contributed by atoms with Crippen LogP contribution in [0.5, 0.6) is 0 Å². The van der Waals surface area contributed by atoms with Crippen LogP contribution in [0.25, 0.3) is 0 Å². The number of methoxy groups -OCH3 is 1. The first-order valence-electron chi connectivity index (χ1n) is 7.71. The summed E-state index contributed by atoms with van der Waals surface area (Å²) in [7, 11) is 1.49. The number of aliphatic carboxylic acids is 1. The van der Waals surface area contributed by atoms with E-state index in [0.717, 1.165) is 4.90 Å². The minimum absolute atomic E-state index is 0.0707. The second-order valence-corrected chi connectivity index (χ2v) is 7.61. The molecule has 1 aromatic rings. The molecule has 0 radical (unpaired) electrons. The first-order chi connectivity index (χ1) is 11.9. The number of nitrogens with zero attached hydrogens (tertiary/aromatic N) is 1. The van der Waals surface area contributed by atoms with E-state index in [1.807, 2.05) is 0 Å². The third-order valence-corrected chi connectivity index (χ3v) is 5.83. The molecule has 2 aliphatic rings. The van der Waals surface area contributed by atoms with Gasteiger partial charge in [0.2, 0.25) is 11.8 Å². The number of carboxylic acid groups (broad SMARTS) is 1. The van der Waals surface area contributed by atoms with Crippen LogP contribution in [0.2, 0.25) is 5.02 Å². The molecule has 7 nitrogen and oxygen atoms in total. The number of nitrogens with one attached hydrogen (secondary N) is 1. The Hall–Kier alpha value is -1.77. The number of hydrogen-bond donors (Lipinski definition) is 2. The Morgan fingerprint density at radius 3 is 2.92 bits per heavy atom. The number of rotatable bonds is 4. The molecule has 2 aliphatic heterocycles. The Morgan fingerprint density at radius 2 is 2.24 bits per heavy atom. The lowest BCUT2D eigenvalue weighted by Gasteiger charge is -2.27. The Labute approximate surface area is 153 Å². The first-order valence-corrected chi connectivity index (χ1v) is 8.97. The molecule has 0 spiro atoms. The van der Waals surface area contributed by atoms with Crippen molar-refractivity contribution in [3.63, 3.8) is 0 Å². The average molecular weight is 385 g/mol. The van der Waals surface area contributed by atoms with Gasteiger partial charge in [-0.3, -0.25) is 9.59 Å². The molecule has 0 aliphatic carbocycles. The predicted octanol–water partition coefficient (Wildman–Crippen LogP) is 1.84. The van der Waals surface area contributed by atoms with Gasteiger partial charge < -0.3 is 20.1 Å². The van der Waals surface area contributed by atoms with Gasteiger partial charge in [0.1, 0.15) is 6.04 Å². The normalized spacial score (nSPS) is 25.4. The molecule has 9 heteroatoms. The molecule has 0 aromatic heterocycles. The second kappa shape index (κ2) is 7.23. The fourth-order valence-corrected chi connectivity index (χ4v) is 4.26. The van der Waals surface area contributed by atoms with Gasteiger partial charge in [-0.25, -0.2) is 4.79 Å². The molecule has 0 bridgehead atoms. The van der Waals surface area contributed by atoms with Gasteiger partial charge in [0.15, 0.2) is 0 Å². The lowest BCUT2D eigenvalue weighted by atomic mass is 10.2. The van der Waals surface area contributed by atoms with Gasteiger partial charge in [0.25, 0.3) is 0 Å². The van der Waals surface area contributed by atoms with Crippen molar-refractivity contribution in [3.05, 3.63) is 23.2 Å². The highest BCUT2D eigenvalue weighted by Crippen LogP contribution is 2.38. The van der Waals surface area contributed by atoms with Crippen molar-refractivity contribution in [2.45, 2.75) is 35.1 Å². The molecular formula is C16H17ClN2O5S. The van der Waals surface area contributed by atoms with E-state index in [1.165, 1.54) is 23.8 Å². The van der Waals surface area contributed by atoms with Crippen LogP contribution in [0.4, 0.5) is 5.69 Å². The Morgan fingerprint density at radius 1 is 1.48 bits per heavy atom. The number of ether oxygens (including phenoxy) is 1. The van der Waals surface area contributed by atoms with E-state index in [0.29, 0.717) is 10.7 Å². The van der Waals surface area contributed by atoms with E-state index in [2.05, 4.69) is 5.32 Å². The average Bonchev–Trinajstić information content (AvgIpc) is 3.00. The summed E-state index contributed by atoms with van der Waals surface area (Å²) < 4.78 is 5.19. The number of hydrogen-bond acceptors (Lipinski definition) is 5. The van der Waals surface area contributed by atoms with E-state index in [1.54, 1.807) is 18.2 Å². The molecule has 3 rings (SSSR count). The molecule has 1 fully saturated rings. The van der Waals surface area contributed by atoms with Gasteiger partial charge in [-0.05, 0) is 18.2 Å². The molecule has 2 heterocycles. The van der Waals surface area contributed by atoms with Gasteiger partial charge in [-0.1, -0.05) is 11.6 Å². The number of halogens is 1. The maximum atomic E-state index is 12.6. The van der Waals surface area contributed by atoms with Crippen LogP contribution in [-0.4, -0.2) is 58.8 Å². The topological polar surface area (TPSA) is 95.9 Å². The number of likely N-dealkylation sites (tertiary alicyclic amines) is 1. The van der Waals surface area contributed by atoms with E-state index >= 15 is 0 Å². The highest BCUT2D eigenvalue weighted by atomic mass is 35.5. The van der Waals surface area contributed by atoms with Crippen LogP contribution in [0.1, 0.15) is 12.8 Å². The quantitative estimate of drug-likeness (QED) is 0.822. The number of thioether (sulfide) groups is 1.